The van der Waals surface area contributed by atoms with Gasteiger partial charge in [0.1, 0.15) is 5.58 Å². The first kappa shape index (κ1) is 12.5. The molecule has 5 nitrogen and oxygen atoms in total. The van der Waals surface area contributed by atoms with Crippen molar-refractivity contribution in [2.24, 2.45) is 0 Å². The van der Waals surface area contributed by atoms with Gasteiger partial charge in [-0.05, 0) is 18.2 Å². The van der Waals surface area contributed by atoms with Gasteiger partial charge in [0.2, 0.25) is 5.71 Å². The lowest BCUT2D eigenvalue weighted by Gasteiger charge is -2.02. The van der Waals surface area contributed by atoms with E-state index in [9.17, 15) is 10.1 Å². The monoisotopic (exact) mass is 290 g/mol. The molecule has 0 bridgehead atoms. The SMILES string of the molecule is O=[N+]([O-])c1ccccc1-c1cnc2oc3ccccc3c2c1. The molecule has 0 aliphatic carbocycles. The van der Waals surface area contributed by atoms with Gasteiger partial charge in [0.15, 0.2) is 0 Å². The van der Waals surface area contributed by atoms with Gasteiger partial charge < -0.3 is 4.42 Å². The van der Waals surface area contributed by atoms with Crippen LogP contribution in [0.15, 0.2) is 65.2 Å². The van der Waals surface area contributed by atoms with E-state index >= 15 is 0 Å². The van der Waals surface area contributed by atoms with Crippen molar-refractivity contribution in [3.8, 4) is 11.1 Å². The van der Waals surface area contributed by atoms with E-state index in [1.54, 1.807) is 24.4 Å². The van der Waals surface area contributed by atoms with Gasteiger partial charge >= 0.3 is 0 Å². The van der Waals surface area contributed by atoms with Crippen molar-refractivity contribution in [1.29, 1.82) is 0 Å². The average Bonchev–Trinajstić information content (AvgIpc) is 2.92. The highest BCUT2D eigenvalue weighted by Gasteiger charge is 2.16. The molecule has 5 heteroatoms. The van der Waals surface area contributed by atoms with Crippen LogP contribution in [0.5, 0.6) is 0 Å². The molecule has 0 N–H and O–H groups in total. The van der Waals surface area contributed by atoms with Crippen LogP contribution in [0.3, 0.4) is 0 Å². The summed E-state index contributed by atoms with van der Waals surface area (Å²) in [5, 5.41) is 13.0. The Bertz CT molecular complexity index is 1020. The van der Waals surface area contributed by atoms with E-state index in [0.29, 0.717) is 16.8 Å². The predicted octanol–water partition coefficient (Wildman–Crippen LogP) is 4.56. The zero-order valence-corrected chi connectivity index (χ0v) is 11.4. The average molecular weight is 290 g/mol. The minimum absolute atomic E-state index is 0.0662. The van der Waals surface area contributed by atoms with Crippen LogP contribution < -0.4 is 0 Å². The van der Waals surface area contributed by atoms with E-state index in [4.69, 9.17) is 4.42 Å². The molecule has 2 heterocycles. The zero-order chi connectivity index (χ0) is 15.1. The summed E-state index contributed by atoms with van der Waals surface area (Å²) < 4.78 is 5.68. The first-order valence-electron chi connectivity index (χ1n) is 6.75. The summed E-state index contributed by atoms with van der Waals surface area (Å²) in [7, 11) is 0. The van der Waals surface area contributed by atoms with Crippen molar-refractivity contribution in [2.75, 3.05) is 0 Å². The first-order valence-corrected chi connectivity index (χ1v) is 6.75. The van der Waals surface area contributed by atoms with Crippen LogP contribution in [0, 0.1) is 10.1 Å². The Hall–Kier alpha value is -3.21. The summed E-state index contributed by atoms with van der Waals surface area (Å²) in [6, 6.07) is 16.2. The Labute approximate surface area is 125 Å². The number of para-hydroxylation sites is 2. The second-order valence-corrected chi connectivity index (χ2v) is 4.95. The number of furan rings is 1. The Morgan fingerprint density at radius 3 is 2.64 bits per heavy atom. The molecule has 0 saturated carbocycles. The number of benzene rings is 2. The molecule has 106 valence electrons. The second-order valence-electron chi connectivity index (χ2n) is 4.95. The van der Waals surface area contributed by atoms with E-state index in [1.165, 1.54) is 6.07 Å². The van der Waals surface area contributed by atoms with Gasteiger partial charge in [-0.25, -0.2) is 4.98 Å². The Balaban J connectivity index is 2.00. The second kappa shape index (κ2) is 4.66. The number of rotatable bonds is 2. The predicted molar refractivity (Wildman–Crippen MR) is 83.6 cm³/mol. The number of hydrogen-bond donors (Lipinski definition) is 0. The fourth-order valence-corrected chi connectivity index (χ4v) is 2.63. The summed E-state index contributed by atoms with van der Waals surface area (Å²) in [6.07, 6.45) is 1.60. The minimum atomic E-state index is -0.382. The third kappa shape index (κ3) is 1.83. The maximum absolute atomic E-state index is 11.2. The number of nitrogens with zero attached hydrogens (tertiary/aromatic N) is 2. The van der Waals surface area contributed by atoms with Gasteiger partial charge in [0.25, 0.3) is 5.69 Å². The number of nitro benzene ring substituents is 1. The summed E-state index contributed by atoms with van der Waals surface area (Å²) in [5.41, 5.74) is 2.60. The molecule has 22 heavy (non-hydrogen) atoms. The molecule has 0 spiro atoms. The number of aromatic nitrogens is 1. The van der Waals surface area contributed by atoms with Crippen LogP contribution in [0.1, 0.15) is 0 Å². The fraction of sp³-hybridized carbons (Fsp3) is 0. The van der Waals surface area contributed by atoms with Crippen molar-refractivity contribution < 1.29 is 9.34 Å². The van der Waals surface area contributed by atoms with Gasteiger partial charge in [-0.3, -0.25) is 10.1 Å². The molecular formula is C17H10N2O3. The van der Waals surface area contributed by atoms with Gasteiger partial charge in [-0.15, -0.1) is 0 Å². The minimum Gasteiger partial charge on any atom is -0.438 e. The highest BCUT2D eigenvalue weighted by Crippen LogP contribution is 2.34. The lowest BCUT2D eigenvalue weighted by Crippen LogP contribution is -1.91. The third-order valence-corrected chi connectivity index (χ3v) is 3.65. The molecular weight excluding hydrogens is 280 g/mol. The lowest BCUT2D eigenvalue weighted by molar-refractivity contribution is -0.384. The summed E-state index contributed by atoms with van der Waals surface area (Å²) in [6.45, 7) is 0. The van der Waals surface area contributed by atoms with Crippen molar-refractivity contribution in [1.82, 2.24) is 4.98 Å². The Morgan fingerprint density at radius 1 is 1.00 bits per heavy atom. The number of fused-ring (bicyclic) bond motifs is 3. The van der Waals surface area contributed by atoms with Crippen LogP contribution in [0.4, 0.5) is 5.69 Å². The molecule has 0 unspecified atom stereocenters. The van der Waals surface area contributed by atoms with E-state index in [2.05, 4.69) is 4.98 Å². The molecule has 0 fully saturated rings. The molecule has 0 aliphatic heterocycles. The molecule has 0 aliphatic rings. The van der Waals surface area contributed by atoms with Gasteiger partial charge in [-0.2, -0.15) is 0 Å². The van der Waals surface area contributed by atoms with E-state index in [1.807, 2.05) is 30.3 Å². The van der Waals surface area contributed by atoms with Crippen LogP contribution in [0.2, 0.25) is 0 Å². The van der Waals surface area contributed by atoms with E-state index in [0.717, 1.165) is 16.4 Å². The van der Waals surface area contributed by atoms with Gasteiger partial charge in [0, 0.05) is 28.6 Å². The topological polar surface area (TPSA) is 69.2 Å². The maximum atomic E-state index is 11.2. The fourth-order valence-electron chi connectivity index (χ4n) is 2.63. The van der Waals surface area contributed by atoms with Crippen LogP contribution in [-0.2, 0) is 0 Å². The lowest BCUT2D eigenvalue weighted by atomic mass is 10.0. The molecule has 4 aromatic rings. The highest BCUT2D eigenvalue weighted by atomic mass is 16.6. The number of pyridine rings is 1. The summed E-state index contributed by atoms with van der Waals surface area (Å²) >= 11 is 0. The number of hydrogen-bond acceptors (Lipinski definition) is 4. The van der Waals surface area contributed by atoms with Crippen molar-refractivity contribution >= 4 is 27.8 Å². The van der Waals surface area contributed by atoms with E-state index in [-0.39, 0.29) is 10.6 Å². The maximum Gasteiger partial charge on any atom is 0.277 e. The Kier molecular flexibility index (Phi) is 2.66. The van der Waals surface area contributed by atoms with Gasteiger partial charge in [0.05, 0.1) is 10.5 Å². The normalized spacial score (nSPS) is 11.1. The van der Waals surface area contributed by atoms with Crippen molar-refractivity contribution in [3.05, 3.63) is 70.9 Å². The highest BCUT2D eigenvalue weighted by molar-refractivity contribution is 6.04. The third-order valence-electron chi connectivity index (χ3n) is 3.65. The Morgan fingerprint density at radius 2 is 1.77 bits per heavy atom. The zero-order valence-electron chi connectivity index (χ0n) is 11.4. The quantitative estimate of drug-likeness (QED) is 0.401. The van der Waals surface area contributed by atoms with Gasteiger partial charge in [-0.1, -0.05) is 30.3 Å². The molecule has 0 atom stereocenters. The molecule has 0 radical (unpaired) electrons. The number of nitro groups is 1. The largest absolute Gasteiger partial charge is 0.438 e. The molecule has 0 amide bonds. The molecule has 2 aromatic carbocycles. The standard InChI is InChI=1S/C17H10N2O3/c20-19(21)15-7-3-1-5-12(15)11-9-14-13-6-2-4-8-16(13)22-17(14)18-10-11/h1-10H. The molecule has 2 aromatic heterocycles. The summed E-state index contributed by atoms with van der Waals surface area (Å²) in [5.74, 6) is 0. The molecule has 0 saturated heterocycles. The van der Waals surface area contributed by atoms with Crippen LogP contribution in [0.25, 0.3) is 33.2 Å². The van der Waals surface area contributed by atoms with E-state index < -0.39 is 0 Å². The van der Waals surface area contributed by atoms with Crippen LogP contribution >= 0.6 is 0 Å². The smallest absolute Gasteiger partial charge is 0.277 e. The first-order chi connectivity index (χ1) is 10.7. The van der Waals surface area contributed by atoms with Crippen molar-refractivity contribution in [3.63, 3.8) is 0 Å². The van der Waals surface area contributed by atoms with Crippen LogP contribution in [-0.4, -0.2) is 9.91 Å². The summed E-state index contributed by atoms with van der Waals surface area (Å²) in [4.78, 5) is 15.1. The molecule has 4 rings (SSSR count). The van der Waals surface area contributed by atoms with Crippen molar-refractivity contribution in [2.45, 2.75) is 0 Å².